The molecular formula is C16H24N2. The van der Waals surface area contributed by atoms with Crippen molar-refractivity contribution >= 4 is 0 Å². The standard InChI is InChI=1S/C16H24N2/c1-2-5-15(6-3-1)13-18-11-8-16(9-12-18)7-4-10-17-14-16/h1-3,5-6,17H,4,7-14H2. The first-order valence-electron chi connectivity index (χ1n) is 7.33. The van der Waals surface area contributed by atoms with Crippen LogP contribution in [-0.2, 0) is 6.54 Å². The Morgan fingerprint density at radius 3 is 2.50 bits per heavy atom. The fourth-order valence-electron chi connectivity index (χ4n) is 3.48. The lowest BCUT2D eigenvalue weighted by Gasteiger charge is -2.44. The Balaban J connectivity index is 1.54. The predicted molar refractivity (Wildman–Crippen MR) is 75.5 cm³/mol. The highest BCUT2D eigenvalue weighted by Gasteiger charge is 2.35. The molecule has 2 aliphatic rings. The first-order chi connectivity index (χ1) is 8.86. The van der Waals surface area contributed by atoms with Crippen LogP contribution in [0.2, 0.25) is 0 Å². The summed E-state index contributed by atoms with van der Waals surface area (Å²) in [6.07, 6.45) is 5.58. The van der Waals surface area contributed by atoms with E-state index in [1.807, 2.05) is 0 Å². The summed E-state index contributed by atoms with van der Waals surface area (Å²) < 4.78 is 0. The zero-order valence-corrected chi connectivity index (χ0v) is 11.2. The average Bonchev–Trinajstić information content (AvgIpc) is 2.44. The predicted octanol–water partition coefficient (Wildman–Crippen LogP) is 2.65. The van der Waals surface area contributed by atoms with E-state index < -0.39 is 0 Å². The molecular weight excluding hydrogens is 220 g/mol. The molecule has 3 rings (SSSR count). The molecule has 2 heteroatoms. The Labute approximate surface area is 110 Å². The number of nitrogens with one attached hydrogen (secondary N) is 1. The van der Waals surface area contributed by atoms with E-state index in [0.29, 0.717) is 5.41 Å². The first-order valence-corrected chi connectivity index (χ1v) is 7.33. The molecule has 18 heavy (non-hydrogen) atoms. The van der Waals surface area contributed by atoms with Gasteiger partial charge in [-0.3, -0.25) is 4.90 Å². The van der Waals surface area contributed by atoms with E-state index in [9.17, 15) is 0 Å². The molecule has 0 bridgehead atoms. The second-order valence-electron chi connectivity index (χ2n) is 6.04. The first kappa shape index (κ1) is 12.2. The Morgan fingerprint density at radius 1 is 1.06 bits per heavy atom. The smallest absolute Gasteiger partial charge is 0.0233 e. The van der Waals surface area contributed by atoms with Crippen molar-refractivity contribution in [3.63, 3.8) is 0 Å². The molecule has 0 amide bonds. The van der Waals surface area contributed by atoms with E-state index >= 15 is 0 Å². The van der Waals surface area contributed by atoms with Crippen molar-refractivity contribution in [3.8, 4) is 0 Å². The maximum atomic E-state index is 3.59. The van der Waals surface area contributed by atoms with Crippen LogP contribution in [0.4, 0.5) is 0 Å². The van der Waals surface area contributed by atoms with Crippen molar-refractivity contribution in [1.82, 2.24) is 10.2 Å². The molecule has 2 saturated heterocycles. The van der Waals surface area contributed by atoms with Gasteiger partial charge < -0.3 is 5.32 Å². The number of hydrogen-bond donors (Lipinski definition) is 1. The molecule has 2 nitrogen and oxygen atoms in total. The summed E-state index contributed by atoms with van der Waals surface area (Å²) in [7, 11) is 0. The normalized spacial score (nSPS) is 24.2. The zero-order chi connectivity index (χ0) is 12.3. The average molecular weight is 244 g/mol. The molecule has 1 N–H and O–H groups in total. The molecule has 2 heterocycles. The molecule has 2 fully saturated rings. The van der Waals surface area contributed by atoms with Gasteiger partial charge in [0.05, 0.1) is 0 Å². The number of piperidine rings is 2. The highest BCUT2D eigenvalue weighted by atomic mass is 15.1. The number of hydrogen-bond acceptors (Lipinski definition) is 2. The van der Waals surface area contributed by atoms with Crippen LogP contribution >= 0.6 is 0 Å². The Hall–Kier alpha value is -0.860. The zero-order valence-electron chi connectivity index (χ0n) is 11.2. The van der Waals surface area contributed by atoms with E-state index in [1.165, 1.54) is 57.4 Å². The lowest BCUT2D eigenvalue weighted by molar-refractivity contribution is 0.0750. The van der Waals surface area contributed by atoms with Crippen LogP contribution in [0, 0.1) is 5.41 Å². The summed E-state index contributed by atoms with van der Waals surface area (Å²) >= 11 is 0. The van der Waals surface area contributed by atoms with Gasteiger partial charge in [0.15, 0.2) is 0 Å². The highest BCUT2D eigenvalue weighted by molar-refractivity contribution is 5.14. The maximum absolute atomic E-state index is 3.59. The minimum atomic E-state index is 0.630. The van der Waals surface area contributed by atoms with E-state index in [4.69, 9.17) is 0 Å². The van der Waals surface area contributed by atoms with Crippen LogP contribution in [0.25, 0.3) is 0 Å². The van der Waals surface area contributed by atoms with Gasteiger partial charge in [-0.1, -0.05) is 30.3 Å². The summed E-state index contributed by atoms with van der Waals surface area (Å²) in [5, 5.41) is 3.59. The van der Waals surface area contributed by atoms with Crippen LogP contribution < -0.4 is 5.32 Å². The molecule has 98 valence electrons. The molecule has 1 aromatic carbocycles. The van der Waals surface area contributed by atoms with Gasteiger partial charge in [0.25, 0.3) is 0 Å². The highest BCUT2D eigenvalue weighted by Crippen LogP contribution is 2.37. The summed E-state index contributed by atoms with van der Waals surface area (Å²) in [5.41, 5.74) is 2.08. The fraction of sp³-hybridized carbons (Fsp3) is 0.625. The largest absolute Gasteiger partial charge is 0.316 e. The van der Waals surface area contributed by atoms with Gasteiger partial charge in [-0.2, -0.15) is 0 Å². The third-order valence-electron chi connectivity index (χ3n) is 4.73. The Bertz CT molecular complexity index is 358. The summed E-state index contributed by atoms with van der Waals surface area (Å²) in [5.74, 6) is 0. The van der Waals surface area contributed by atoms with Crippen molar-refractivity contribution in [3.05, 3.63) is 35.9 Å². The van der Waals surface area contributed by atoms with Gasteiger partial charge in [0, 0.05) is 13.1 Å². The topological polar surface area (TPSA) is 15.3 Å². The third-order valence-corrected chi connectivity index (χ3v) is 4.73. The number of rotatable bonds is 2. The lowest BCUT2D eigenvalue weighted by atomic mass is 9.73. The van der Waals surface area contributed by atoms with Crippen LogP contribution in [0.1, 0.15) is 31.2 Å². The second kappa shape index (κ2) is 5.41. The molecule has 0 saturated carbocycles. The van der Waals surface area contributed by atoms with E-state index in [1.54, 1.807) is 0 Å². The van der Waals surface area contributed by atoms with Gasteiger partial charge >= 0.3 is 0 Å². The lowest BCUT2D eigenvalue weighted by Crippen LogP contribution is -2.47. The number of likely N-dealkylation sites (tertiary alicyclic amines) is 1. The third kappa shape index (κ3) is 2.76. The molecule has 0 aliphatic carbocycles. The minimum Gasteiger partial charge on any atom is -0.316 e. The van der Waals surface area contributed by atoms with E-state index in [-0.39, 0.29) is 0 Å². The van der Waals surface area contributed by atoms with Gasteiger partial charge in [-0.05, 0) is 56.3 Å². The van der Waals surface area contributed by atoms with Gasteiger partial charge in [-0.15, -0.1) is 0 Å². The quantitative estimate of drug-likeness (QED) is 0.860. The number of nitrogens with zero attached hydrogens (tertiary/aromatic N) is 1. The van der Waals surface area contributed by atoms with Gasteiger partial charge in [0.2, 0.25) is 0 Å². The monoisotopic (exact) mass is 244 g/mol. The van der Waals surface area contributed by atoms with Crippen molar-refractivity contribution in [1.29, 1.82) is 0 Å². The number of benzene rings is 1. The van der Waals surface area contributed by atoms with Gasteiger partial charge in [0.1, 0.15) is 0 Å². The van der Waals surface area contributed by atoms with Crippen LogP contribution in [0.5, 0.6) is 0 Å². The van der Waals surface area contributed by atoms with Crippen LogP contribution in [0.3, 0.4) is 0 Å². The molecule has 1 spiro atoms. The van der Waals surface area contributed by atoms with Crippen LogP contribution in [-0.4, -0.2) is 31.1 Å². The second-order valence-corrected chi connectivity index (χ2v) is 6.04. The molecule has 0 aromatic heterocycles. The van der Waals surface area contributed by atoms with Crippen molar-refractivity contribution < 1.29 is 0 Å². The fourth-order valence-corrected chi connectivity index (χ4v) is 3.48. The van der Waals surface area contributed by atoms with E-state index in [0.717, 1.165) is 6.54 Å². The van der Waals surface area contributed by atoms with Crippen molar-refractivity contribution in [2.75, 3.05) is 26.2 Å². The summed E-state index contributed by atoms with van der Waals surface area (Å²) in [6.45, 7) is 6.17. The molecule has 0 radical (unpaired) electrons. The van der Waals surface area contributed by atoms with E-state index in [2.05, 4.69) is 40.5 Å². The molecule has 1 aromatic rings. The minimum absolute atomic E-state index is 0.630. The molecule has 2 aliphatic heterocycles. The van der Waals surface area contributed by atoms with Crippen LogP contribution in [0.15, 0.2) is 30.3 Å². The molecule has 0 atom stereocenters. The summed E-state index contributed by atoms with van der Waals surface area (Å²) in [6, 6.07) is 10.9. The Morgan fingerprint density at radius 2 is 1.83 bits per heavy atom. The maximum Gasteiger partial charge on any atom is 0.0233 e. The molecule has 0 unspecified atom stereocenters. The van der Waals surface area contributed by atoms with Crippen molar-refractivity contribution in [2.24, 2.45) is 5.41 Å². The van der Waals surface area contributed by atoms with Gasteiger partial charge in [-0.25, -0.2) is 0 Å². The SMILES string of the molecule is c1ccc(CN2CCC3(CCCNC3)CC2)cc1. The Kier molecular flexibility index (Phi) is 3.67. The summed E-state index contributed by atoms with van der Waals surface area (Å²) in [4.78, 5) is 2.62. The van der Waals surface area contributed by atoms with Crippen molar-refractivity contribution in [2.45, 2.75) is 32.2 Å².